The number of benzene rings is 1. The third-order valence-electron chi connectivity index (χ3n) is 2.24. The lowest BCUT2D eigenvalue weighted by atomic mass is 10.2. The maximum atomic E-state index is 2.34. The maximum Gasteiger partial charge on any atom is 0.0270 e. The Bertz CT molecular complexity index is 495. The smallest absolute Gasteiger partial charge is 0.0270 e. The highest BCUT2D eigenvalue weighted by molar-refractivity contribution is 9.18. The zero-order chi connectivity index (χ0) is 10.3. The minimum atomic E-state index is 0.336. The average molecular weight is 250 g/mol. The van der Waals surface area contributed by atoms with E-state index < -0.39 is 0 Å². The Morgan fingerprint density at radius 3 is 2.53 bits per heavy atom. The van der Waals surface area contributed by atoms with Crippen molar-refractivity contribution in [3.63, 3.8) is 0 Å². The summed E-state index contributed by atoms with van der Waals surface area (Å²) in [6, 6.07) is 10.6. The van der Waals surface area contributed by atoms with Crippen LogP contribution in [-0.4, -0.2) is 4.86 Å². The molecule has 0 spiro atoms. The predicted molar refractivity (Wildman–Crippen MR) is 76.0 cm³/mol. The van der Waals surface area contributed by atoms with Gasteiger partial charge in [-0.15, -0.1) is 0 Å². The number of allylic oxidation sites excluding steroid dienone is 3. The number of hydrogen-bond donors (Lipinski definition) is 0. The van der Waals surface area contributed by atoms with Gasteiger partial charge in [0, 0.05) is 9.77 Å². The molecule has 0 saturated heterocycles. The second kappa shape index (κ2) is 3.89. The van der Waals surface area contributed by atoms with E-state index in [9.17, 15) is 0 Å². The molecule has 2 heterocycles. The normalized spacial score (nSPS) is 23.8. The highest BCUT2D eigenvalue weighted by Crippen LogP contribution is 2.60. The lowest BCUT2D eigenvalue weighted by molar-refractivity contribution is 1.66. The van der Waals surface area contributed by atoms with E-state index >= 15 is 0 Å². The van der Waals surface area contributed by atoms with Crippen LogP contribution in [0.15, 0.2) is 47.4 Å². The fourth-order valence-corrected chi connectivity index (χ4v) is 8.38. The van der Waals surface area contributed by atoms with Gasteiger partial charge in [-0.2, -0.15) is 0 Å². The van der Waals surface area contributed by atoms with Gasteiger partial charge < -0.3 is 0 Å². The van der Waals surface area contributed by atoms with E-state index in [4.69, 9.17) is 0 Å². The highest BCUT2D eigenvalue weighted by atomic mass is 33.5. The SMILES string of the molecule is CC1=CC2=S(S1)SC(c1ccccc1)=C2. The molecule has 0 saturated carbocycles. The second-order valence-corrected chi connectivity index (χ2v) is 9.42. The van der Waals surface area contributed by atoms with Gasteiger partial charge in [-0.25, -0.2) is 0 Å². The fraction of sp³-hybridized carbons (Fsp3) is 0.0833. The summed E-state index contributed by atoms with van der Waals surface area (Å²) in [5.74, 6) is 0. The summed E-state index contributed by atoms with van der Waals surface area (Å²) in [4.78, 5) is 4.37. The molecule has 0 aliphatic carbocycles. The summed E-state index contributed by atoms with van der Waals surface area (Å²) >= 11 is 0. The van der Waals surface area contributed by atoms with E-state index in [0.29, 0.717) is 8.55 Å². The van der Waals surface area contributed by atoms with Gasteiger partial charge in [0.2, 0.25) is 0 Å². The standard InChI is InChI=1S/C12H10S3/c1-9-7-11-8-12(14-15(11)13-9)10-5-3-2-4-6-10/h2-8H,1H3. The van der Waals surface area contributed by atoms with Crippen LogP contribution in [0.5, 0.6) is 0 Å². The largest absolute Gasteiger partial charge is 0.0622 e. The summed E-state index contributed by atoms with van der Waals surface area (Å²) < 4.78 is 0. The van der Waals surface area contributed by atoms with Crippen LogP contribution < -0.4 is 0 Å². The van der Waals surface area contributed by atoms with Gasteiger partial charge in [0.15, 0.2) is 0 Å². The third kappa shape index (κ3) is 1.84. The number of hydrogen-bond acceptors (Lipinski definition) is 2. The van der Waals surface area contributed by atoms with E-state index in [0.717, 1.165) is 0 Å². The van der Waals surface area contributed by atoms with Gasteiger partial charge >= 0.3 is 0 Å². The molecule has 1 aromatic rings. The molecular formula is C12H10S3. The molecule has 3 heteroatoms. The lowest BCUT2D eigenvalue weighted by Gasteiger charge is -2.03. The first kappa shape index (κ1) is 9.82. The summed E-state index contributed by atoms with van der Waals surface area (Å²) in [5.41, 5.74) is 1.35. The van der Waals surface area contributed by atoms with E-state index in [1.54, 1.807) is 0 Å². The Balaban J connectivity index is 1.92. The Morgan fingerprint density at radius 1 is 1.00 bits per heavy atom. The molecule has 0 nitrogen and oxygen atoms in total. The molecule has 0 bridgehead atoms. The van der Waals surface area contributed by atoms with Crippen LogP contribution in [0.2, 0.25) is 0 Å². The zero-order valence-corrected chi connectivity index (χ0v) is 10.7. The monoisotopic (exact) mass is 250 g/mol. The van der Waals surface area contributed by atoms with E-state index in [1.165, 1.54) is 20.2 Å². The molecule has 76 valence electrons. The van der Waals surface area contributed by atoms with Crippen molar-refractivity contribution < 1.29 is 0 Å². The third-order valence-corrected chi connectivity index (χ3v) is 8.69. The first-order valence-corrected chi connectivity index (χ1v) is 8.65. The van der Waals surface area contributed by atoms with Crippen molar-refractivity contribution in [3.8, 4) is 0 Å². The minimum absolute atomic E-state index is 0.336. The summed E-state index contributed by atoms with van der Waals surface area (Å²) in [6.45, 7) is 2.19. The molecule has 2 aliphatic heterocycles. The van der Waals surface area contributed by atoms with Gasteiger partial charge in [0.25, 0.3) is 0 Å². The minimum Gasteiger partial charge on any atom is -0.0622 e. The molecule has 1 unspecified atom stereocenters. The molecule has 15 heavy (non-hydrogen) atoms. The molecule has 0 amide bonds. The van der Waals surface area contributed by atoms with Crippen LogP contribution in [0.3, 0.4) is 0 Å². The Hall–Kier alpha value is -0.380. The maximum absolute atomic E-state index is 2.34. The van der Waals surface area contributed by atoms with Crippen molar-refractivity contribution in [3.05, 3.63) is 53.0 Å². The van der Waals surface area contributed by atoms with Crippen LogP contribution >= 0.6 is 30.1 Å². The van der Waals surface area contributed by atoms with Crippen molar-refractivity contribution in [1.29, 1.82) is 0 Å². The number of rotatable bonds is 1. The van der Waals surface area contributed by atoms with Crippen LogP contribution in [0.25, 0.3) is 4.91 Å². The summed E-state index contributed by atoms with van der Waals surface area (Å²) in [5, 5.41) is 0. The van der Waals surface area contributed by atoms with Crippen molar-refractivity contribution in [2.75, 3.05) is 0 Å². The first-order valence-electron chi connectivity index (χ1n) is 4.76. The highest BCUT2D eigenvalue weighted by Gasteiger charge is 2.21. The molecule has 3 rings (SSSR count). The predicted octanol–water partition coefficient (Wildman–Crippen LogP) is 4.70. The van der Waals surface area contributed by atoms with Crippen LogP contribution in [-0.2, 0) is 0 Å². The van der Waals surface area contributed by atoms with Gasteiger partial charge in [-0.3, -0.25) is 0 Å². The van der Waals surface area contributed by atoms with Crippen molar-refractivity contribution in [2.45, 2.75) is 6.92 Å². The Labute approximate surface area is 99.6 Å². The van der Waals surface area contributed by atoms with Gasteiger partial charge in [0.1, 0.15) is 0 Å². The Kier molecular flexibility index (Phi) is 2.54. The second-order valence-electron chi connectivity index (χ2n) is 3.43. The molecule has 1 aromatic carbocycles. The fourth-order valence-electron chi connectivity index (χ4n) is 1.56. The molecule has 0 fully saturated rings. The van der Waals surface area contributed by atoms with E-state index in [-0.39, 0.29) is 0 Å². The molecule has 0 N–H and O–H groups in total. The van der Waals surface area contributed by atoms with Crippen molar-refractivity contribution in [1.82, 2.24) is 0 Å². The quantitative estimate of drug-likeness (QED) is 0.523. The van der Waals surface area contributed by atoms with Crippen LogP contribution in [0, 0.1) is 0 Å². The Morgan fingerprint density at radius 2 is 1.80 bits per heavy atom. The van der Waals surface area contributed by atoms with Crippen molar-refractivity contribution in [2.24, 2.45) is 0 Å². The topological polar surface area (TPSA) is 0 Å². The molecule has 2 aliphatic rings. The van der Waals surface area contributed by atoms with Gasteiger partial charge in [-0.1, -0.05) is 60.5 Å². The van der Waals surface area contributed by atoms with Crippen LogP contribution in [0.4, 0.5) is 0 Å². The molecule has 0 aromatic heterocycles. The van der Waals surface area contributed by atoms with E-state index in [1.807, 2.05) is 21.6 Å². The summed E-state index contributed by atoms with van der Waals surface area (Å²) in [7, 11) is 4.33. The molecular weight excluding hydrogens is 240 g/mol. The van der Waals surface area contributed by atoms with Crippen molar-refractivity contribution >= 4 is 39.9 Å². The zero-order valence-electron chi connectivity index (χ0n) is 8.27. The average Bonchev–Trinajstić information content (AvgIpc) is 2.76. The van der Waals surface area contributed by atoms with Crippen LogP contribution in [0.1, 0.15) is 12.5 Å². The summed E-state index contributed by atoms with van der Waals surface area (Å²) in [6.07, 6.45) is 4.66. The van der Waals surface area contributed by atoms with Gasteiger partial charge in [0.05, 0.1) is 0 Å². The van der Waals surface area contributed by atoms with E-state index in [2.05, 4.69) is 49.4 Å². The lowest BCUT2D eigenvalue weighted by Crippen LogP contribution is -1.80. The molecule has 0 radical (unpaired) electrons. The first-order chi connectivity index (χ1) is 7.33. The van der Waals surface area contributed by atoms with Gasteiger partial charge in [-0.05, 0) is 29.5 Å². The molecule has 1 atom stereocenters.